The van der Waals surface area contributed by atoms with Gasteiger partial charge in [0.1, 0.15) is 0 Å². The normalized spacial score (nSPS) is 24.0. The number of hydrogen-bond acceptors (Lipinski definition) is 2. The van der Waals surface area contributed by atoms with Crippen LogP contribution in [-0.2, 0) is 4.74 Å². The highest BCUT2D eigenvalue weighted by Gasteiger charge is 2.29. The fourth-order valence-electron chi connectivity index (χ4n) is 1.40. The molecule has 0 aromatic carbocycles. The highest BCUT2D eigenvalue weighted by molar-refractivity contribution is 4.82. The van der Waals surface area contributed by atoms with Gasteiger partial charge in [-0.15, -0.1) is 0 Å². The van der Waals surface area contributed by atoms with Crippen molar-refractivity contribution in [3.63, 3.8) is 0 Å². The van der Waals surface area contributed by atoms with Crippen LogP contribution >= 0.6 is 0 Å². The van der Waals surface area contributed by atoms with Crippen LogP contribution in [0.15, 0.2) is 0 Å². The highest BCUT2D eigenvalue weighted by Crippen LogP contribution is 2.19. The number of ether oxygens (including phenoxy) is 1. The monoisotopic (exact) mass is 193 g/mol. The number of alkyl halides is 2. The van der Waals surface area contributed by atoms with E-state index in [0.717, 1.165) is 13.0 Å². The van der Waals surface area contributed by atoms with E-state index in [1.165, 1.54) is 0 Å². The molecule has 13 heavy (non-hydrogen) atoms. The lowest BCUT2D eigenvalue weighted by Gasteiger charge is -2.40. The standard InChI is InChI=1S/C9H17F2NO/c1-7(2)13-6-8-3-4-12(8)5-9(10)11/h7-9H,3-6H2,1-2H3. The zero-order chi connectivity index (χ0) is 9.84. The molecule has 1 heterocycles. The average molecular weight is 193 g/mol. The molecule has 1 saturated heterocycles. The maximum absolute atomic E-state index is 12.0. The summed E-state index contributed by atoms with van der Waals surface area (Å²) in [5, 5.41) is 0. The molecule has 1 fully saturated rings. The van der Waals surface area contributed by atoms with Crippen molar-refractivity contribution in [2.24, 2.45) is 0 Å². The molecule has 1 aliphatic heterocycles. The van der Waals surface area contributed by atoms with Gasteiger partial charge in [0.2, 0.25) is 0 Å². The zero-order valence-corrected chi connectivity index (χ0v) is 8.17. The Bertz CT molecular complexity index is 153. The maximum Gasteiger partial charge on any atom is 0.251 e. The maximum atomic E-state index is 12.0. The molecule has 0 aromatic rings. The first-order chi connectivity index (χ1) is 6.09. The largest absolute Gasteiger partial charge is 0.377 e. The molecule has 1 atom stereocenters. The van der Waals surface area contributed by atoms with Crippen LogP contribution in [0.4, 0.5) is 8.78 Å². The molecule has 0 aromatic heterocycles. The van der Waals surface area contributed by atoms with Crippen LogP contribution in [0.2, 0.25) is 0 Å². The van der Waals surface area contributed by atoms with Crippen molar-refractivity contribution in [1.29, 1.82) is 0 Å². The molecule has 0 spiro atoms. The van der Waals surface area contributed by atoms with E-state index in [9.17, 15) is 8.78 Å². The Hall–Kier alpha value is -0.220. The second-order valence-corrected chi connectivity index (χ2v) is 3.71. The van der Waals surface area contributed by atoms with Gasteiger partial charge in [-0.3, -0.25) is 4.90 Å². The van der Waals surface area contributed by atoms with E-state index in [0.29, 0.717) is 6.61 Å². The summed E-state index contributed by atoms with van der Waals surface area (Å²) in [4.78, 5) is 1.78. The molecular formula is C9H17F2NO. The van der Waals surface area contributed by atoms with Gasteiger partial charge in [-0.05, 0) is 20.3 Å². The van der Waals surface area contributed by atoms with Gasteiger partial charge < -0.3 is 4.74 Å². The first kappa shape index (κ1) is 10.9. The molecule has 0 amide bonds. The minimum absolute atomic E-state index is 0.105. The number of rotatable bonds is 5. The summed E-state index contributed by atoms with van der Waals surface area (Å²) >= 11 is 0. The van der Waals surface area contributed by atoms with Crippen molar-refractivity contribution in [3.05, 3.63) is 0 Å². The van der Waals surface area contributed by atoms with Gasteiger partial charge in [-0.2, -0.15) is 0 Å². The van der Waals surface area contributed by atoms with Crippen molar-refractivity contribution in [3.8, 4) is 0 Å². The predicted molar refractivity (Wildman–Crippen MR) is 47.1 cm³/mol. The molecule has 0 bridgehead atoms. The molecule has 1 unspecified atom stereocenters. The van der Waals surface area contributed by atoms with E-state index in [1.807, 2.05) is 13.8 Å². The summed E-state index contributed by atoms with van der Waals surface area (Å²) in [6, 6.07) is 0.219. The lowest BCUT2D eigenvalue weighted by molar-refractivity contribution is -0.0406. The van der Waals surface area contributed by atoms with Crippen molar-refractivity contribution in [2.75, 3.05) is 19.7 Å². The Balaban J connectivity index is 2.13. The average Bonchev–Trinajstić information content (AvgIpc) is 1.98. The van der Waals surface area contributed by atoms with E-state index in [1.54, 1.807) is 4.90 Å². The van der Waals surface area contributed by atoms with E-state index in [2.05, 4.69) is 0 Å². The molecule has 0 aliphatic carbocycles. The van der Waals surface area contributed by atoms with Gasteiger partial charge in [0, 0.05) is 12.6 Å². The zero-order valence-electron chi connectivity index (χ0n) is 8.17. The van der Waals surface area contributed by atoms with Gasteiger partial charge in [0.05, 0.1) is 19.3 Å². The molecule has 78 valence electrons. The summed E-state index contributed by atoms with van der Waals surface area (Å²) in [5.74, 6) is 0. The Morgan fingerprint density at radius 1 is 1.46 bits per heavy atom. The van der Waals surface area contributed by atoms with Crippen LogP contribution in [0.1, 0.15) is 20.3 Å². The quantitative estimate of drug-likeness (QED) is 0.659. The Morgan fingerprint density at radius 3 is 2.54 bits per heavy atom. The lowest BCUT2D eigenvalue weighted by atomic mass is 10.0. The van der Waals surface area contributed by atoms with Crippen molar-refractivity contribution >= 4 is 0 Å². The second kappa shape index (κ2) is 4.86. The first-order valence-corrected chi connectivity index (χ1v) is 4.73. The number of nitrogens with zero attached hydrogens (tertiary/aromatic N) is 1. The van der Waals surface area contributed by atoms with E-state index in [-0.39, 0.29) is 18.7 Å². The van der Waals surface area contributed by atoms with Crippen LogP contribution < -0.4 is 0 Å². The van der Waals surface area contributed by atoms with Crippen molar-refractivity contribution in [1.82, 2.24) is 4.90 Å². The third-order valence-electron chi connectivity index (χ3n) is 2.26. The third kappa shape index (κ3) is 3.56. The van der Waals surface area contributed by atoms with E-state index < -0.39 is 6.43 Å². The van der Waals surface area contributed by atoms with Crippen molar-refractivity contribution < 1.29 is 13.5 Å². The summed E-state index contributed by atoms with van der Waals surface area (Å²) in [7, 11) is 0. The number of halogens is 2. The van der Waals surface area contributed by atoms with Crippen LogP contribution in [0.25, 0.3) is 0 Å². The topological polar surface area (TPSA) is 12.5 Å². The smallest absolute Gasteiger partial charge is 0.251 e. The Kier molecular flexibility index (Phi) is 4.06. The van der Waals surface area contributed by atoms with E-state index in [4.69, 9.17) is 4.74 Å². The summed E-state index contributed by atoms with van der Waals surface area (Å²) in [5.41, 5.74) is 0. The Morgan fingerprint density at radius 2 is 2.15 bits per heavy atom. The second-order valence-electron chi connectivity index (χ2n) is 3.71. The molecular weight excluding hydrogens is 176 g/mol. The van der Waals surface area contributed by atoms with Gasteiger partial charge in [-0.25, -0.2) is 8.78 Å². The van der Waals surface area contributed by atoms with Crippen LogP contribution in [-0.4, -0.2) is 43.2 Å². The van der Waals surface area contributed by atoms with Crippen LogP contribution in [0, 0.1) is 0 Å². The molecule has 0 saturated carbocycles. The summed E-state index contributed by atoms with van der Waals surface area (Å²) in [6.45, 7) is 5.18. The van der Waals surface area contributed by atoms with Crippen LogP contribution in [0.5, 0.6) is 0 Å². The molecule has 1 rings (SSSR count). The van der Waals surface area contributed by atoms with E-state index >= 15 is 0 Å². The number of likely N-dealkylation sites (tertiary alicyclic amines) is 1. The lowest BCUT2D eigenvalue weighted by Crippen LogP contribution is -2.52. The van der Waals surface area contributed by atoms with Gasteiger partial charge in [-0.1, -0.05) is 0 Å². The number of hydrogen-bond donors (Lipinski definition) is 0. The fraction of sp³-hybridized carbons (Fsp3) is 1.00. The van der Waals surface area contributed by atoms with Gasteiger partial charge in [0.15, 0.2) is 0 Å². The minimum atomic E-state index is -2.22. The van der Waals surface area contributed by atoms with Gasteiger partial charge >= 0.3 is 0 Å². The summed E-state index contributed by atoms with van der Waals surface area (Å²) in [6.07, 6.45) is -1.05. The molecule has 1 aliphatic rings. The third-order valence-corrected chi connectivity index (χ3v) is 2.26. The molecule has 0 radical (unpaired) electrons. The molecule has 0 N–H and O–H groups in total. The molecule has 4 heteroatoms. The summed E-state index contributed by atoms with van der Waals surface area (Å²) < 4.78 is 29.4. The predicted octanol–water partition coefficient (Wildman–Crippen LogP) is 1.75. The minimum Gasteiger partial charge on any atom is -0.377 e. The SMILES string of the molecule is CC(C)OCC1CCN1CC(F)F. The highest BCUT2D eigenvalue weighted by atomic mass is 19.3. The first-order valence-electron chi connectivity index (χ1n) is 4.73. The molecule has 2 nitrogen and oxygen atoms in total. The Labute approximate surface area is 77.9 Å². The van der Waals surface area contributed by atoms with Gasteiger partial charge in [0.25, 0.3) is 6.43 Å². The van der Waals surface area contributed by atoms with Crippen molar-refractivity contribution in [2.45, 2.75) is 38.8 Å². The van der Waals surface area contributed by atoms with Crippen LogP contribution in [0.3, 0.4) is 0 Å². The fourth-order valence-corrected chi connectivity index (χ4v) is 1.40.